The van der Waals surface area contributed by atoms with Crippen molar-refractivity contribution < 1.29 is 39.0 Å². The van der Waals surface area contributed by atoms with E-state index in [1.165, 1.54) is 0 Å². The highest BCUT2D eigenvalue weighted by atomic mass is 16.4. The fourth-order valence-corrected chi connectivity index (χ4v) is 2.17. The first-order valence-electron chi connectivity index (χ1n) is 8.74. The highest BCUT2D eigenvalue weighted by molar-refractivity contribution is 5.94. The summed E-state index contributed by atoms with van der Waals surface area (Å²) in [4.78, 5) is 68.8. The molecule has 0 heterocycles. The molecule has 0 spiro atoms. The lowest BCUT2D eigenvalue weighted by Crippen LogP contribution is -2.56. The molecule has 0 bridgehead atoms. The lowest BCUT2D eigenvalue weighted by atomic mass is 9.97. The zero-order valence-electron chi connectivity index (χ0n) is 16.1. The summed E-state index contributed by atoms with van der Waals surface area (Å²) in [5, 5.41) is 24.4. The van der Waals surface area contributed by atoms with Gasteiger partial charge in [-0.3, -0.25) is 24.0 Å². The predicted octanol–water partition coefficient (Wildman–Crippen LogP) is -3.12. The van der Waals surface area contributed by atoms with Crippen molar-refractivity contribution in [3.63, 3.8) is 0 Å². The van der Waals surface area contributed by atoms with Gasteiger partial charge in [0, 0.05) is 0 Å². The molecule has 9 N–H and O–H groups in total. The minimum atomic E-state index is -1.67. The molecule has 13 nitrogen and oxygen atoms in total. The van der Waals surface area contributed by atoms with Crippen LogP contribution >= 0.6 is 0 Å². The van der Waals surface area contributed by atoms with Gasteiger partial charge in [0.05, 0.1) is 25.4 Å². The number of carboxylic acid groups (broad SMARTS) is 2. The molecule has 0 rings (SSSR count). The van der Waals surface area contributed by atoms with Crippen LogP contribution in [0.1, 0.15) is 33.1 Å². The van der Waals surface area contributed by atoms with E-state index >= 15 is 0 Å². The van der Waals surface area contributed by atoms with Gasteiger partial charge in [0.25, 0.3) is 0 Å². The van der Waals surface area contributed by atoms with E-state index < -0.39 is 79.0 Å². The van der Waals surface area contributed by atoms with Crippen LogP contribution in [0.15, 0.2) is 0 Å². The molecule has 0 aromatic carbocycles. The third kappa shape index (κ3) is 10.0. The Balaban J connectivity index is 4.97. The summed E-state index contributed by atoms with van der Waals surface area (Å²) in [6, 6.07) is -4.07. The average molecular weight is 417 g/mol. The maximum absolute atomic E-state index is 12.4. The van der Waals surface area contributed by atoms with Gasteiger partial charge in [0.1, 0.15) is 12.1 Å². The van der Waals surface area contributed by atoms with Gasteiger partial charge >= 0.3 is 11.9 Å². The molecule has 0 aromatic heterocycles. The second-order valence-electron chi connectivity index (χ2n) is 6.42. The third-order valence-corrected chi connectivity index (χ3v) is 3.99. The summed E-state index contributed by atoms with van der Waals surface area (Å²) in [7, 11) is 0. The summed E-state index contributed by atoms with van der Waals surface area (Å²) in [5.41, 5.74) is 10.4. The fraction of sp³-hybridized carbons (Fsp3) is 0.625. The number of rotatable bonds is 13. The molecular weight excluding hydrogens is 390 g/mol. The van der Waals surface area contributed by atoms with Crippen LogP contribution < -0.4 is 27.4 Å². The van der Waals surface area contributed by atoms with E-state index in [0.29, 0.717) is 6.42 Å². The molecule has 13 heteroatoms. The Morgan fingerprint density at radius 3 is 2.00 bits per heavy atom. The number of hydrogen-bond acceptors (Lipinski definition) is 7. The van der Waals surface area contributed by atoms with Gasteiger partial charge in [-0.1, -0.05) is 20.3 Å². The van der Waals surface area contributed by atoms with Crippen LogP contribution in [0.4, 0.5) is 0 Å². The van der Waals surface area contributed by atoms with Crippen molar-refractivity contribution in [2.45, 2.75) is 51.2 Å². The molecule has 0 radical (unpaired) electrons. The topological polar surface area (TPSA) is 231 Å². The van der Waals surface area contributed by atoms with Crippen LogP contribution in [0.25, 0.3) is 0 Å². The molecule has 4 atom stereocenters. The molecule has 0 saturated carbocycles. The summed E-state index contributed by atoms with van der Waals surface area (Å²) in [6.45, 7) is 2.80. The number of carbonyl (C=O) groups excluding carboxylic acids is 4. The quantitative estimate of drug-likeness (QED) is 0.160. The predicted molar refractivity (Wildman–Crippen MR) is 98.0 cm³/mol. The van der Waals surface area contributed by atoms with E-state index in [1.54, 1.807) is 13.8 Å². The van der Waals surface area contributed by atoms with Crippen LogP contribution in [-0.4, -0.2) is 70.5 Å². The molecule has 0 aliphatic rings. The molecule has 0 fully saturated rings. The van der Waals surface area contributed by atoms with Gasteiger partial charge in [-0.25, -0.2) is 4.79 Å². The minimum Gasteiger partial charge on any atom is -0.481 e. The zero-order chi connectivity index (χ0) is 22.7. The van der Waals surface area contributed by atoms with Gasteiger partial charge in [0.2, 0.25) is 23.6 Å². The minimum absolute atomic E-state index is 0.411. The summed E-state index contributed by atoms with van der Waals surface area (Å²) >= 11 is 0. The van der Waals surface area contributed by atoms with E-state index in [4.69, 9.17) is 21.7 Å². The Bertz CT molecular complexity index is 653. The highest BCUT2D eigenvalue weighted by Gasteiger charge is 2.31. The van der Waals surface area contributed by atoms with Crippen LogP contribution in [0.3, 0.4) is 0 Å². The second kappa shape index (κ2) is 12.3. The molecule has 0 aliphatic heterocycles. The Morgan fingerprint density at radius 1 is 0.966 bits per heavy atom. The molecular formula is C16H27N5O8. The van der Waals surface area contributed by atoms with Crippen molar-refractivity contribution in [3.8, 4) is 0 Å². The smallest absolute Gasteiger partial charge is 0.326 e. The monoisotopic (exact) mass is 417 g/mol. The third-order valence-electron chi connectivity index (χ3n) is 3.99. The number of carboxylic acids is 2. The number of amides is 4. The molecule has 29 heavy (non-hydrogen) atoms. The van der Waals surface area contributed by atoms with E-state index in [0.717, 1.165) is 0 Å². The normalized spacial score (nSPS) is 14.6. The number of nitrogens with one attached hydrogen (secondary N) is 3. The van der Waals surface area contributed by atoms with E-state index in [9.17, 15) is 28.8 Å². The molecule has 0 saturated heterocycles. The van der Waals surface area contributed by atoms with E-state index in [-0.39, 0.29) is 0 Å². The van der Waals surface area contributed by atoms with Crippen molar-refractivity contribution in [2.75, 3.05) is 6.54 Å². The second-order valence-corrected chi connectivity index (χ2v) is 6.42. The van der Waals surface area contributed by atoms with Crippen LogP contribution in [0.2, 0.25) is 0 Å². The largest absolute Gasteiger partial charge is 0.481 e. The van der Waals surface area contributed by atoms with Crippen LogP contribution in [0.5, 0.6) is 0 Å². The molecule has 0 aliphatic carbocycles. The summed E-state index contributed by atoms with van der Waals surface area (Å²) < 4.78 is 0. The van der Waals surface area contributed by atoms with Crippen LogP contribution in [0, 0.1) is 5.92 Å². The first kappa shape index (κ1) is 25.8. The Kier molecular flexibility index (Phi) is 10.9. The SMILES string of the molecule is CCC(C)C(NC(=O)CNC(=O)C(N)CC(N)=O)C(=O)NC(CC(=O)O)C(=O)O. The molecule has 4 amide bonds. The van der Waals surface area contributed by atoms with Crippen molar-refractivity contribution in [1.82, 2.24) is 16.0 Å². The van der Waals surface area contributed by atoms with Gasteiger partial charge in [-0.15, -0.1) is 0 Å². The van der Waals surface area contributed by atoms with Crippen molar-refractivity contribution in [3.05, 3.63) is 0 Å². The lowest BCUT2D eigenvalue weighted by Gasteiger charge is -2.25. The first-order chi connectivity index (χ1) is 13.4. The molecule has 4 unspecified atom stereocenters. The average Bonchev–Trinajstić information content (AvgIpc) is 2.61. The van der Waals surface area contributed by atoms with Gasteiger partial charge < -0.3 is 37.6 Å². The zero-order valence-corrected chi connectivity index (χ0v) is 16.1. The number of nitrogens with two attached hydrogens (primary N) is 2. The number of aliphatic carboxylic acids is 2. The summed E-state index contributed by atoms with van der Waals surface area (Å²) in [5.74, 6) is -6.61. The number of primary amides is 1. The maximum atomic E-state index is 12.4. The fourth-order valence-electron chi connectivity index (χ4n) is 2.17. The first-order valence-corrected chi connectivity index (χ1v) is 8.74. The maximum Gasteiger partial charge on any atom is 0.326 e. The standard InChI is InChI=1S/C16H27N5O8/c1-3-7(2)13(15(27)20-9(16(28)29)5-12(24)25)21-11(23)6-19-14(26)8(17)4-10(18)22/h7-9,13H,3-6,17H2,1-2H3,(H2,18,22)(H,19,26)(H,20,27)(H,21,23)(H,24,25)(H,28,29). The van der Waals surface area contributed by atoms with E-state index in [1.807, 2.05) is 0 Å². The number of hydrogen-bond donors (Lipinski definition) is 7. The lowest BCUT2D eigenvalue weighted by molar-refractivity contribution is -0.147. The highest BCUT2D eigenvalue weighted by Crippen LogP contribution is 2.09. The van der Waals surface area contributed by atoms with Gasteiger partial charge in [-0.05, 0) is 5.92 Å². The van der Waals surface area contributed by atoms with Gasteiger partial charge in [0.15, 0.2) is 0 Å². The van der Waals surface area contributed by atoms with E-state index in [2.05, 4.69) is 16.0 Å². The van der Waals surface area contributed by atoms with Crippen LogP contribution in [-0.2, 0) is 28.8 Å². The van der Waals surface area contributed by atoms with Gasteiger partial charge in [-0.2, -0.15) is 0 Å². The molecule has 164 valence electrons. The summed E-state index contributed by atoms with van der Waals surface area (Å²) in [6.07, 6.45) is -0.813. The Hall–Kier alpha value is -3.22. The van der Waals surface area contributed by atoms with Crippen molar-refractivity contribution in [1.29, 1.82) is 0 Å². The Morgan fingerprint density at radius 2 is 1.55 bits per heavy atom. The number of carbonyl (C=O) groups is 6. The van der Waals surface area contributed by atoms with Crippen molar-refractivity contribution in [2.24, 2.45) is 17.4 Å². The Labute approximate surface area is 166 Å². The van der Waals surface area contributed by atoms with Crippen molar-refractivity contribution >= 4 is 35.6 Å². The molecule has 0 aromatic rings.